The highest BCUT2D eigenvalue weighted by Crippen LogP contribution is 2.14. The minimum absolute atomic E-state index is 0.190. The number of carbonyl (C=O) groups excluding carboxylic acids is 4. The topological polar surface area (TPSA) is 86.8 Å². The summed E-state index contributed by atoms with van der Waals surface area (Å²) in [6.45, 7) is 3.52. The third-order valence-corrected chi connectivity index (χ3v) is 3.47. The zero-order valence-electron chi connectivity index (χ0n) is 13.2. The Labute approximate surface area is 134 Å². The standard InChI is InChI=1S/C16H19N3O4/c1-3-4-8-18-14(21)15(22)19(16(18)23)10-13(20)17-12-7-5-6-11(2)9-12/h5-7,9H,3-4,8,10H2,1-2H3,(H,17,20). The number of amides is 5. The molecule has 1 heterocycles. The SMILES string of the molecule is CCCCN1C(=O)C(=O)N(CC(=O)Nc2cccc(C)c2)C1=O. The van der Waals surface area contributed by atoms with Gasteiger partial charge in [0.15, 0.2) is 0 Å². The van der Waals surface area contributed by atoms with E-state index >= 15 is 0 Å². The highest BCUT2D eigenvalue weighted by Gasteiger charge is 2.44. The van der Waals surface area contributed by atoms with E-state index in [4.69, 9.17) is 0 Å². The van der Waals surface area contributed by atoms with Gasteiger partial charge in [-0.05, 0) is 31.0 Å². The third-order valence-electron chi connectivity index (χ3n) is 3.47. The van der Waals surface area contributed by atoms with Crippen LogP contribution < -0.4 is 5.32 Å². The molecule has 7 heteroatoms. The molecule has 0 radical (unpaired) electrons. The number of aryl methyl sites for hydroxylation is 1. The van der Waals surface area contributed by atoms with Crippen LogP contribution in [-0.4, -0.2) is 46.6 Å². The quantitative estimate of drug-likeness (QED) is 0.636. The number of hydrogen-bond donors (Lipinski definition) is 1. The van der Waals surface area contributed by atoms with Gasteiger partial charge in [0.25, 0.3) is 0 Å². The molecular formula is C16H19N3O4. The second-order valence-electron chi connectivity index (χ2n) is 5.40. The minimum Gasteiger partial charge on any atom is -0.325 e. The Morgan fingerprint density at radius 1 is 1.13 bits per heavy atom. The van der Waals surface area contributed by atoms with Gasteiger partial charge in [0.2, 0.25) is 5.91 Å². The number of nitrogens with zero attached hydrogens (tertiary/aromatic N) is 2. The van der Waals surface area contributed by atoms with Crippen molar-refractivity contribution in [3.8, 4) is 0 Å². The highest BCUT2D eigenvalue weighted by molar-refractivity contribution is 6.45. The van der Waals surface area contributed by atoms with Crippen LogP contribution >= 0.6 is 0 Å². The molecule has 1 aromatic rings. The lowest BCUT2D eigenvalue weighted by molar-refractivity contribution is -0.143. The maximum atomic E-state index is 12.1. The summed E-state index contributed by atoms with van der Waals surface area (Å²) in [5.74, 6) is -2.35. The van der Waals surface area contributed by atoms with Crippen molar-refractivity contribution in [1.82, 2.24) is 9.80 Å². The van der Waals surface area contributed by atoms with Crippen molar-refractivity contribution in [3.63, 3.8) is 0 Å². The van der Waals surface area contributed by atoms with E-state index in [0.717, 1.165) is 16.9 Å². The number of hydrogen-bond acceptors (Lipinski definition) is 4. The molecule has 1 fully saturated rings. The number of carbonyl (C=O) groups is 4. The highest BCUT2D eigenvalue weighted by atomic mass is 16.2. The molecule has 5 amide bonds. The van der Waals surface area contributed by atoms with Crippen molar-refractivity contribution in [2.45, 2.75) is 26.7 Å². The Morgan fingerprint density at radius 3 is 2.48 bits per heavy atom. The van der Waals surface area contributed by atoms with Gasteiger partial charge < -0.3 is 5.32 Å². The van der Waals surface area contributed by atoms with Crippen LogP contribution in [0.25, 0.3) is 0 Å². The summed E-state index contributed by atoms with van der Waals surface area (Å²) in [6.07, 6.45) is 1.41. The summed E-state index contributed by atoms with van der Waals surface area (Å²) < 4.78 is 0. The van der Waals surface area contributed by atoms with Crippen LogP contribution in [0.5, 0.6) is 0 Å². The number of rotatable bonds is 6. The average molecular weight is 317 g/mol. The molecule has 1 saturated heterocycles. The summed E-state index contributed by atoms with van der Waals surface area (Å²) >= 11 is 0. The molecule has 0 aromatic heterocycles. The Balaban J connectivity index is 2.01. The first-order chi connectivity index (χ1) is 10.9. The van der Waals surface area contributed by atoms with Gasteiger partial charge in [-0.3, -0.25) is 19.3 Å². The molecule has 1 aliphatic heterocycles. The predicted octanol–water partition coefficient (Wildman–Crippen LogP) is 1.52. The van der Waals surface area contributed by atoms with Gasteiger partial charge in [-0.15, -0.1) is 0 Å². The second kappa shape index (κ2) is 7.04. The van der Waals surface area contributed by atoms with Gasteiger partial charge in [-0.2, -0.15) is 0 Å². The van der Waals surface area contributed by atoms with Crippen molar-refractivity contribution in [1.29, 1.82) is 0 Å². The van der Waals surface area contributed by atoms with E-state index < -0.39 is 30.3 Å². The maximum Gasteiger partial charge on any atom is 0.334 e. The molecule has 0 saturated carbocycles. The Hall–Kier alpha value is -2.70. The molecule has 0 aliphatic carbocycles. The molecule has 1 aromatic carbocycles. The molecular weight excluding hydrogens is 298 g/mol. The molecule has 7 nitrogen and oxygen atoms in total. The fourth-order valence-electron chi connectivity index (χ4n) is 2.27. The average Bonchev–Trinajstić information content (AvgIpc) is 2.69. The van der Waals surface area contributed by atoms with Crippen molar-refractivity contribution in [2.75, 3.05) is 18.4 Å². The Kier molecular flexibility index (Phi) is 5.10. The largest absolute Gasteiger partial charge is 0.334 e. The number of unbranched alkanes of at least 4 members (excludes halogenated alkanes) is 1. The van der Waals surface area contributed by atoms with Gasteiger partial charge >= 0.3 is 17.8 Å². The molecule has 122 valence electrons. The second-order valence-corrected chi connectivity index (χ2v) is 5.40. The van der Waals surface area contributed by atoms with Gasteiger partial charge in [-0.25, -0.2) is 9.69 Å². The van der Waals surface area contributed by atoms with Crippen LogP contribution in [0.2, 0.25) is 0 Å². The van der Waals surface area contributed by atoms with Gasteiger partial charge in [0, 0.05) is 12.2 Å². The van der Waals surface area contributed by atoms with Crippen molar-refractivity contribution in [2.24, 2.45) is 0 Å². The van der Waals surface area contributed by atoms with E-state index in [1.807, 2.05) is 19.9 Å². The lowest BCUT2D eigenvalue weighted by Crippen LogP contribution is -2.39. The monoisotopic (exact) mass is 317 g/mol. The predicted molar refractivity (Wildman–Crippen MR) is 83.5 cm³/mol. The van der Waals surface area contributed by atoms with Crippen molar-refractivity contribution in [3.05, 3.63) is 29.8 Å². The van der Waals surface area contributed by atoms with Crippen LogP contribution in [0, 0.1) is 6.92 Å². The van der Waals surface area contributed by atoms with E-state index in [-0.39, 0.29) is 6.54 Å². The fraction of sp³-hybridized carbons (Fsp3) is 0.375. The molecule has 1 N–H and O–H groups in total. The first-order valence-corrected chi connectivity index (χ1v) is 7.48. The van der Waals surface area contributed by atoms with Gasteiger partial charge in [0.1, 0.15) is 6.54 Å². The fourth-order valence-corrected chi connectivity index (χ4v) is 2.27. The normalized spacial score (nSPS) is 14.6. The third kappa shape index (κ3) is 3.74. The zero-order chi connectivity index (χ0) is 17.0. The number of nitrogens with one attached hydrogen (secondary N) is 1. The van der Waals surface area contributed by atoms with Crippen LogP contribution in [-0.2, 0) is 14.4 Å². The number of anilines is 1. The van der Waals surface area contributed by atoms with Crippen LogP contribution in [0.3, 0.4) is 0 Å². The first-order valence-electron chi connectivity index (χ1n) is 7.48. The van der Waals surface area contributed by atoms with Crippen LogP contribution in [0.15, 0.2) is 24.3 Å². The number of urea groups is 1. The van der Waals surface area contributed by atoms with E-state index in [2.05, 4.69) is 5.32 Å². The number of imide groups is 2. The smallest absolute Gasteiger partial charge is 0.325 e. The van der Waals surface area contributed by atoms with E-state index in [1.54, 1.807) is 18.2 Å². The molecule has 0 bridgehead atoms. The molecule has 23 heavy (non-hydrogen) atoms. The van der Waals surface area contributed by atoms with Crippen LogP contribution in [0.1, 0.15) is 25.3 Å². The molecule has 0 unspecified atom stereocenters. The Morgan fingerprint density at radius 2 is 1.83 bits per heavy atom. The summed E-state index contributed by atoms with van der Waals surface area (Å²) in [5, 5.41) is 2.61. The minimum atomic E-state index is -0.953. The maximum absolute atomic E-state index is 12.1. The molecule has 2 rings (SSSR count). The van der Waals surface area contributed by atoms with Crippen molar-refractivity contribution >= 4 is 29.4 Å². The van der Waals surface area contributed by atoms with Crippen molar-refractivity contribution < 1.29 is 19.2 Å². The Bertz CT molecular complexity index is 656. The first kappa shape index (κ1) is 16.7. The summed E-state index contributed by atoms with van der Waals surface area (Å²) in [6, 6.07) is 6.41. The molecule has 1 aliphatic rings. The number of benzene rings is 1. The lowest BCUT2D eigenvalue weighted by Gasteiger charge is -2.15. The van der Waals surface area contributed by atoms with Crippen LogP contribution in [0.4, 0.5) is 10.5 Å². The lowest BCUT2D eigenvalue weighted by atomic mass is 10.2. The van der Waals surface area contributed by atoms with E-state index in [0.29, 0.717) is 17.0 Å². The zero-order valence-corrected chi connectivity index (χ0v) is 13.2. The summed E-state index contributed by atoms with van der Waals surface area (Å²) in [4.78, 5) is 49.4. The van der Waals surface area contributed by atoms with E-state index in [1.165, 1.54) is 0 Å². The summed E-state index contributed by atoms with van der Waals surface area (Å²) in [5.41, 5.74) is 1.54. The molecule has 0 atom stereocenters. The van der Waals surface area contributed by atoms with Gasteiger partial charge in [0.05, 0.1) is 0 Å². The summed E-state index contributed by atoms with van der Waals surface area (Å²) in [7, 11) is 0. The molecule has 0 spiro atoms. The van der Waals surface area contributed by atoms with Gasteiger partial charge in [-0.1, -0.05) is 25.5 Å². The van der Waals surface area contributed by atoms with E-state index in [9.17, 15) is 19.2 Å².